The third kappa shape index (κ3) is 2.92. The number of rotatable bonds is 3. The van der Waals surface area contributed by atoms with Gasteiger partial charge >= 0.3 is 0 Å². The van der Waals surface area contributed by atoms with Crippen LogP contribution in [0.1, 0.15) is 44.2 Å². The highest BCUT2D eigenvalue weighted by atomic mass is 16.2. The van der Waals surface area contributed by atoms with Crippen molar-refractivity contribution < 1.29 is 4.79 Å². The van der Waals surface area contributed by atoms with E-state index in [1.54, 1.807) is 0 Å². The predicted molar refractivity (Wildman–Crippen MR) is 75.9 cm³/mol. The Morgan fingerprint density at radius 3 is 2.89 bits per heavy atom. The van der Waals surface area contributed by atoms with Gasteiger partial charge in [0.25, 0.3) is 0 Å². The number of fused-ring (bicyclic) bond motifs is 1. The summed E-state index contributed by atoms with van der Waals surface area (Å²) < 4.78 is 0. The van der Waals surface area contributed by atoms with Crippen LogP contribution in [0.3, 0.4) is 0 Å². The van der Waals surface area contributed by atoms with Gasteiger partial charge in [-0.1, -0.05) is 31.5 Å². The van der Waals surface area contributed by atoms with Crippen molar-refractivity contribution in [1.29, 1.82) is 0 Å². The monoisotopic (exact) mass is 245 g/mol. The SMILES string of the molecule is Cc1ccc2c(c1)CCCN2C(=O)CCC(C)C. The molecule has 2 nitrogen and oxygen atoms in total. The van der Waals surface area contributed by atoms with E-state index in [0.717, 1.165) is 31.5 Å². The number of benzene rings is 1. The lowest BCUT2D eigenvalue weighted by Crippen LogP contribution is -2.35. The van der Waals surface area contributed by atoms with E-state index in [1.165, 1.54) is 11.1 Å². The van der Waals surface area contributed by atoms with E-state index in [1.807, 2.05) is 4.90 Å². The third-order valence-electron chi connectivity index (χ3n) is 3.59. The summed E-state index contributed by atoms with van der Waals surface area (Å²) >= 11 is 0. The fraction of sp³-hybridized carbons (Fsp3) is 0.562. The Morgan fingerprint density at radius 1 is 1.39 bits per heavy atom. The lowest BCUT2D eigenvalue weighted by atomic mass is 9.98. The molecule has 0 aliphatic carbocycles. The van der Waals surface area contributed by atoms with Gasteiger partial charge < -0.3 is 4.90 Å². The van der Waals surface area contributed by atoms with Gasteiger partial charge in [0, 0.05) is 18.7 Å². The van der Waals surface area contributed by atoms with Crippen LogP contribution < -0.4 is 4.90 Å². The van der Waals surface area contributed by atoms with E-state index >= 15 is 0 Å². The van der Waals surface area contributed by atoms with Crippen molar-refractivity contribution in [3.05, 3.63) is 29.3 Å². The molecule has 0 atom stereocenters. The standard InChI is InChI=1S/C16H23NO/c1-12(2)6-9-16(18)17-10-4-5-14-11-13(3)7-8-15(14)17/h7-8,11-12H,4-6,9-10H2,1-3H3. The average Bonchev–Trinajstić information content (AvgIpc) is 2.34. The second-order valence-corrected chi connectivity index (χ2v) is 5.71. The molecular formula is C16H23NO. The van der Waals surface area contributed by atoms with Crippen molar-refractivity contribution in [2.45, 2.75) is 46.5 Å². The second-order valence-electron chi connectivity index (χ2n) is 5.71. The Morgan fingerprint density at radius 2 is 2.17 bits per heavy atom. The van der Waals surface area contributed by atoms with Crippen molar-refractivity contribution >= 4 is 11.6 Å². The molecule has 1 aliphatic heterocycles. The Kier molecular flexibility index (Phi) is 4.05. The van der Waals surface area contributed by atoms with Gasteiger partial charge in [0.2, 0.25) is 5.91 Å². The highest BCUT2D eigenvalue weighted by Gasteiger charge is 2.22. The molecule has 1 aliphatic rings. The molecular weight excluding hydrogens is 222 g/mol. The van der Waals surface area contributed by atoms with E-state index in [-0.39, 0.29) is 5.91 Å². The molecule has 0 saturated heterocycles. The highest BCUT2D eigenvalue weighted by Crippen LogP contribution is 2.28. The molecule has 1 aromatic rings. The first kappa shape index (κ1) is 13.1. The van der Waals surface area contributed by atoms with Crippen LogP contribution in [0.4, 0.5) is 5.69 Å². The Hall–Kier alpha value is -1.31. The predicted octanol–water partition coefficient (Wildman–Crippen LogP) is 3.71. The van der Waals surface area contributed by atoms with E-state index in [0.29, 0.717) is 12.3 Å². The number of hydrogen-bond donors (Lipinski definition) is 0. The smallest absolute Gasteiger partial charge is 0.226 e. The van der Waals surface area contributed by atoms with E-state index in [2.05, 4.69) is 39.0 Å². The van der Waals surface area contributed by atoms with Crippen LogP contribution in [-0.2, 0) is 11.2 Å². The molecule has 0 spiro atoms. The molecule has 2 rings (SSSR count). The number of carbonyl (C=O) groups excluding carboxylic acids is 1. The molecule has 0 aromatic heterocycles. The van der Waals surface area contributed by atoms with Crippen molar-refractivity contribution in [1.82, 2.24) is 0 Å². The third-order valence-corrected chi connectivity index (χ3v) is 3.59. The maximum absolute atomic E-state index is 12.3. The molecule has 0 bridgehead atoms. The first-order valence-corrected chi connectivity index (χ1v) is 6.98. The van der Waals surface area contributed by atoms with Gasteiger partial charge in [-0.05, 0) is 43.7 Å². The zero-order chi connectivity index (χ0) is 13.1. The fourth-order valence-corrected chi connectivity index (χ4v) is 2.53. The topological polar surface area (TPSA) is 20.3 Å². The van der Waals surface area contributed by atoms with Crippen LogP contribution in [0.25, 0.3) is 0 Å². The molecule has 0 radical (unpaired) electrons. The zero-order valence-corrected chi connectivity index (χ0v) is 11.7. The molecule has 0 saturated carbocycles. The van der Waals surface area contributed by atoms with E-state index < -0.39 is 0 Å². The zero-order valence-electron chi connectivity index (χ0n) is 11.7. The number of amides is 1. The van der Waals surface area contributed by atoms with Crippen LogP contribution >= 0.6 is 0 Å². The van der Waals surface area contributed by atoms with Crippen LogP contribution in [0.2, 0.25) is 0 Å². The minimum absolute atomic E-state index is 0.286. The van der Waals surface area contributed by atoms with E-state index in [4.69, 9.17) is 0 Å². The van der Waals surface area contributed by atoms with Crippen molar-refractivity contribution in [3.63, 3.8) is 0 Å². The molecule has 0 unspecified atom stereocenters. The molecule has 18 heavy (non-hydrogen) atoms. The molecule has 2 heteroatoms. The van der Waals surface area contributed by atoms with Gasteiger partial charge in [0.05, 0.1) is 0 Å². The quantitative estimate of drug-likeness (QED) is 0.795. The Labute approximate surface area is 110 Å². The van der Waals surface area contributed by atoms with Gasteiger partial charge in [0.1, 0.15) is 0 Å². The second kappa shape index (κ2) is 5.55. The summed E-state index contributed by atoms with van der Waals surface area (Å²) in [5, 5.41) is 0. The first-order chi connectivity index (χ1) is 8.58. The average molecular weight is 245 g/mol. The number of nitrogens with zero attached hydrogens (tertiary/aromatic N) is 1. The van der Waals surface area contributed by atoms with E-state index in [9.17, 15) is 4.79 Å². The Balaban J connectivity index is 2.14. The summed E-state index contributed by atoms with van der Waals surface area (Å²) in [6, 6.07) is 6.43. The molecule has 1 heterocycles. The molecule has 0 N–H and O–H groups in total. The molecule has 0 fully saturated rings. The molecule has 98 valence electrons. The van der Waals surface area contributed by atoms with Gasteiger partial charge in [0.15, 0.2) is 0 Å². The van der Waals surface area contributed by atoms with Gasteiger partial charge in [-0.15, -0.1) is 0 Å². The maximum atomic E-state index is 12.3. The molecule has 1 amide bonds. The van der Waals surface area contributed by atoms with Crippen LogP contribution in [-0.4, -0.2) is 12.5 Å². The van der Waals surface area contributed by atoms with Crippen LogP contribution in [0.5, 0.6) is 0 Å². The van der Waals surface area contributed by atoms with Crippen LogP contribution in [0, 0.1) is 12.8 Å². The largest absolute Gasteiger partial charge is 0.312 e. The summed E-state index contributed by atoms with van der Waals surface area (Å²) in [7, 11) is 0. The van der Waals surface area contributed by atoms with Crippen molar-refractivity contribution in [2.24, 2.45) is 5.92 Å². The van der Waals surface area contributed by atoms with Crippen molar-refractivity contribution in [3.8, 4) is 0 Å². The van der Waals surface area contributed by atoms with Gasteiger partial charge in [-0.2, -0.15) is 0 Å². The number of hydrogen-bond acceptors (Lipinski definition) is 1. The molecule has 1 aromatic carbocycles. The summed E-state index contributed by atoms with van der Waals surface area (Å²) in [5.74, 6) is 0.879. The lowest BCUT2D eigenvalue weighted by molar-refractivity contribution is -0.119. The minimum atomic E-state index is 0.286. The van der Waals surface area contributed by atoms with Crippen molar-refractivity contribution in [2.75, 3.05) is 11.4 Å². The number of aryl methyl sites for hydroxylation is 2. The Bertz CT molecular complexity index is 437. The lowest BCUT2D eigenvalue weighted by Gasteiger charge is -2.30. The van der Waals surface area contributed by atoms with Gasteiger partial charge in [-0.3, -0.25) is 4.79 Å². The van der Waals surface area contributed by atoms with Crippen LogP contribution in [0.15, 0.2) is 18.2 Å². The highest BCUT2D eigenvalue weighted by molar-refractivity contribution is 5.94. The summed E-state index contributed by atoms with van der Waals surface area (Å²) in [6.45, 7) is 7.33. The summed E-state index contributed by atoms with van der Waals surface area (Å²) in [5.41, 5.74) is 3.75. The normalized spacial score (nSPS) is 14.8. The number of carbonyl (C=O) groups is 1. The van der Waals surface area contributed by atoms with Gasteiger partial charge in [-0.25, -0.2) is 0 Å². The minimum Gasteiger partial charge on any atom is -0.312 e. The summed E-state index contributed by atoms with van der Waals surface area (Å²) in [6.07, 6.45) is 3.84. The summed E-state index contributed by atoms with van der Waals surface area (Å²) in [4.78, 5) is 14.3. The maximum Gasteiger partial charge on any atom is 0.226 e. The number of anilines is 1. The fourth-order valence-electron chi connectivity index (χ4n) is 2.53. The first-order valence-electron chi connectivity index (χ1n) is 6.98.